The number of amides is 2. The molecule has 2 heterocycles. The van der Waals surface area contributed by atoms with Crippen molar-refractivity contribution >= 4 is 23.2 Å². The topological polar surface area (TPSA) is 86.3 Å². The van der Waals surface area contributed by atoms with E-state index in [-0.39, 0.29) is 5.91 Å². The number of benzene rings is 2. The van der Waals surface area contributed by atoms with E-state index in [1.54, 1.807) is 18.3 Å². The number of carbonyl (C=O) groups excluding carboxylic acids is 2. The Balaban J connectivity index is 1.76. The first kappa shape index (κ1) is 15.8. The summed E-state index contributed by atoms with van der Waals surface area (Å²) in [6, 6.07) is 20.4. The number of rotatable bonds is 3. The van der Waals surface area contributed by atoms with Gasteiger partial charge >= 0.3 is 0 Å². The molecule has 2 aromatic carbocycles. The first-order valence-electron chi connectivity index (χ1n) is 8.20. The Kier molecular flexibility index (Phi) is 4.07. The molecule has 2 amide bonds. The first-order chi connectivity index (χ1) is 12.7. The van der Waals surface area contributed by atoms with Gasteiger partial charge in [0.1, 0.15) is 5.69 Å². The van der Waals surface area contributed by atoms with Crippen LogP contribution in [0, 0.1) is 0 Å². The van der Waals surface area contributed by atoms with Gasteiger partial charge in [0.2, 0.25) is 6.17 Å². The summed E-state index contributed by atoms with van der Waals surface area (Å²) in [6.45, 7) is 0. The lowest BCUT2D eigenvalue weighted by Crippen LogP contribution is -2.42. The maximum Gasteiger partial charge on any atom is 0.269 e. The third-order valence-electron chi connectivity index (χ3n) is 4.10. The number of nitrogens with zero attached hydrogens (tertiary/aromatic N) is 1. The summed E-state index contributed by atoms with van der Waals surface area (Å²) in [6.07, 6.45) is 0.616. The number of hydrogen-bond acceptors (Lipinski definition) is 3. The molecule has 0 spiro atoms. The lowest BCUT2D eigenvalue weighted by Gasteiger charge is -2.12. The second kappa shape index (κ2) is 6.68. The molecule has 1 aromatic heterocycles. The molecule has 1 aliphatic rings. The summed E-state index contributed by atoms with van der Waals surface area (Å²) in [5, 5.41) is 5.52. The van der Waals surface area contributed by atoms with Gasteiger partial charge in [0.05, 0.1) is 11.4 Å². The molecule has 1 aliphatic heterocycles. The molecule has 4 rings (SSSR count). The summed E-state index contributed by atoms with van der Waals surface area (Å²) in [7, 11) is 0. The molecule has 0 bridgehead atoms. The second-order valence-corrected chi connectivity index (χ2v) is 5.84. The van der Waals surface area contributed by atoms with E-state index in [9.17, 15) is 9.59 Å². The zero-order valence-electron chi connectivity index (χ0n) is 13.8. The van der Waals surface area contributed by atoms with Crippen LogP contribution in [0.15, 0.2) is 77.9 Å². The van der Waals surface area contributed by atoms with Gasteiger partial charge in [-0.05, 0) is 18.2 Å². The van der Waals surface area contributed by atoms with Crippen LogP contribution in [0.1, 0.15) is 21.6 Å². The van der Waals surface area contributed by atoms with Crippen LogP contribution < -0.4 is 10.6 Å². The molecule has 3 aromatic rings. The normalized spacial score (nSPS) is 16.1. The fraction of sp³-hybridized carbons (Fsp3) is 0.0500. The average Bonchev–Trinajstić information content (AvgIpc) is 3.17. The van der Waals surface area contributed by atoms with Gasteiger partial charge in [-0.1, -0.05) is 48.5 Å². The van der Waals surface area contributed by atoms with E-state index in [1.165, 1.54) is 0 Å². The van der Waals surface area contributed by atoms with Crippen LogP contribution in [0.4, 0.5) is 5.69 Å². The third-order valence-corrected chi connectivity index (χ3v) is 4.10. The van der Waals surface area contributed by atoms with Crippen LogP contribution in [0.2, 0.25) is 0 Å². The lowest BCUT2D eigenvalue weighted by atomic mass is 10.0. The summed E-state index contributed by atoms with van der Waals surface area (Å²) in [5.74, 6) is -0.777. The number of para-hydroxylation sites is 1. The highest BCUT2D eigenvalue weighted by Gasteiger charge is 2.27. The first-order valence-corrected chi connectivity index (χ1v) is 8.20. The fourth-order valence-corrected chi connectivity index (χ4v) is 2.85. The largest absolute Gasteiger partial charge is 0.357 e. The van der Waals surface area contributed by atoms with Gasteiger partial charge in [-0.2, -0.15) is 0 Å². The Hall–Kier alpha value is -3.67. The van der Waals surface area contributed by atoms with Crippen molar-refractivity contribution < 1.29 is 9.59 Å². The van der Waals surface area contributed by atoms with Gasteiger partial charge < -0.3 is 15.6 Å². The number of aromatic nitrogens is 1. The zero-order valence-corrected chi connectivity index (χ0v) is 13.8. The van der Waals surface area contributed by atoms with Gasteiger partial charge in [-0.15, -0.1) is 0 Å². The van der Waals surface area contributed by atoms with E-state index in [0.29, 0.717) is 17.1 Å². The molecule has 0 saturated heterocycles. The zero-order chi connectivity index (χ0) is 17.9. The van der Waals surface area contributed by atoms with E-state index in [0.717, 1.165) is 11.1 Å². The van der Waals surface area contributed by atoms with Crippen LogP contribution in [-0.4, -0.2) is 28.7 Å². The quantitative estimate of drug-likeness (QED) is 0.682. The van der Waals surface area contributed by atoms with E-state index < -0.39 is 12.1 Å². The molecular weight excluding hydrogens is 328 g/mol. The van der Waals surface area contributed by atoms with Crippen LogP contribution in [0.3, 0.4) is 0 Å². The number of fused-ring (bicyclic) bond motifs is 1. The van der Waals surface area contributed by atoms with E-state index in [4.69, 9.17) is 0 Å². The summed E-state index contributed by atoms with van der Waals surface area (Å²) >= 11 is 0. The smallest absolute Gasteiger partial charge is 0.269 e. The molecule has 0 aliphatic carbocycles. The van der Waals surface area contributed by atoms with Crippen molar-refractivity contribution in [2.75, 3.05) is 5.32 Å². The molecule has 6 nitrogen and oxygen atoms in total. The minimum Gasteiger partial charge on any atom is -0.357 e. The number of hydrogen-bond donors (Lipinski definition) is 3. The van der Waals surface area contributed by atoms with Crippen molar-refractivity contribution in [3.05, 3.63) is 89.7 Å². The summed E-state index contributed by atoms with van der Waals surface area (Å²) in [4.78, 5) is 32.4. The third kappa shape index (κ3) is 3.00. The molecule has 0 saturated carbocycles. The monoisotopic (exact) mass is 344 g/mol. The van der Waals surface area contributed by atoms with E-state index >= 15 is 0 Å². The highest BCUT2D eigenvalue weighted by Crippen LogP contribution is 2.23. The lowest BCUT2D eigenvalue weighted by molar-refractivity contribution is -0.117. The number of benzodiazepines with no additional fused rings is 1. The van der Waals surface area contributed by atoms with E-state index in [1.807, 2.05) is 54.6 Å². The molecule has 3 N–H and O–H groups in total. The van der Waals surface area contributed by atoms with Crippen LogP contribution in [0.25, 0.3) is 0 Å². The maximum atomic E-state index is 12.6. The Morgan fingerprint density at radius 1 is 0.962 bits per heavy atom. The number of carbonyl (C=O) groups is 2. The van der Waals surface area contributed by atoms with E-state index in [2.05, 4.69) is 20.6 Å². The second-order valence-electron chi connectivity index (χ2n) is 5.84. The van der Waals surface area contributed by atoms with Crippen molar-refractivity contribution in [2.24, 2.45) is 4.99 Å². The average molecular weight is 344 g/mol. The number of aromatic amines is 1. The van der Waals surface area contributed by atoms with Gasteiger partial charge in [0, 0.05) is 17.3 Å². The molecule has 0 radical (unpaired) electrons. The molecular formula is C20H16N4O2. The number of nitrogens with one attached hydrogen (secondary N) is 3. The number of aliphatic imine (C=N–C) groups is 1. The Labute approximate surface area is 150 Å². The molecule has 128 valence electrons. The highest BCUT2D eigenvalue weighted by molar-refractivity contribution is 6.20. The van der Waals surface area contributed by atoms with Crippen LogP contribution in [-0.2, 0) is 4.79 Å². The molecule has 26 heavy (non-hydrogen) atoms. The SMILES string of the molecule is O=C(NC1N=C(c2ccccc2)c2ccccc2NC1=O)c1ccc[nH]1. The minimum atomic E-state index is -1.03. The predicted octanol–water partition coefficient (Wildman–Crippen LogP) is 2.56. The molecule has 1 unspecified atom stereocenters. The molecule has 6 heteroatoms. The van der Waals surface area contributed by atoms with Gasteiger partial charge in [-0.3, -0.25) is 9.59 Å². The van der Waals surface area contributed by atoms with Gasteiger partial charge in [0.15, 0.2) is 0 Å². The predicted molar refractivity (Wildman–Crippen MR) is 99.2 cm³/mol. The van der Waals surface area contributed by atoms with Crippen molar-refractivity contribution in [2.45, 2.75) is 6.17 Å². The van der Waals surface area contributed by atoms with Crippen LogP contribution in [0.5, 0.6) is 0 Å². The number of anilines is 1. The Bertz CT molecular complexity index is 978. The highest BCUT2D eigenvalue weighted by atomic mass is 16.2. The van der Waals surface area contributed by atoms with Gasteiger partial charge in [0.25, 0.3) is 11.8 Å². The van der Waals surface area contributed by atoms with Crippen LogP contribution >= 0.6 is 0 Å². The Morgan fingerprint density at radius 3 is 2.50 bits per heavy atom. The van der Waals surface area contributed by atoms with Gasteiger partial charge in [-0.25, -0.2) is 4.99 Å². The molecule has 1 atom stereocenters. The van der Waals surface area contributed by atoms with Crippen molar-refractivity contribution in [3.8, 4) is 0 Å². The molecule has 0 fully saturated rings. The van der Waals surface area contributed by atoms with Crippen molar-refractivity contribution in [3.63, 3.8) is 0 Å². The van der Waals surface area contributed by atoms with Crippen molar-refractivity contribution in [1.29, 1.82) is 0 Å². The maximum absolute atomic E-state index is 12.6. The summed E-state index contributed by atoms with van der Waals surface area (Å²) < 4.78 is 0. The number of H-pyrrole nitrogens is 1. The summed E-state index contributed by atoms with van der Waals surface area (Å²) in [5.41, 5.74) is 3.36. The fourth-order valence-electron chi connectivity index (χ4n) is 2.85. The minimum absolute atomic E-state index is 0.371. The van der Waals surface area contributed by atoms with Crippen molar-refractivity contribution in [1.82, 2.24) is 10.3 Å². The Morgan fingerprint density at radius 2 is 1.73 bits per heavy atom. The standard InChI is InChI=1S/C20H16N4O2/c25-19(16-11-6-12-21-16)24-18-20(26)22-15-10-5-4-9-14(15)17(23-18)13-7-2-1-3-8-13/h1-12,18,21H,(H,22,26)(H,24,25).